The number of rotatable bonds is 4. The van der Waals surface area contributed by atoms with Gasteiger partial charge in [-0.25, -0.2) is 9.78 Å². The third-order valence-electron chi connectivity index (χ3n) is 3.60. The molecule has 28 heavy (non-hydrogen) atoms. The van der Waals surface area contributed by atoms with E-state index in [0.29, 0.717) is 5.56 Å². The molecule has 0 radical (unpaired) electrons. The fourth-order valence-electron chi connectivity index (χ4n) is 2.37. The van der Waals surface area contributed by atoms with Crippen LogP contribution in [0.25, 0.3) is 5.78 Å². The highest BCUT2D eigenvalue weighted by Crippen LogP contribution is 2.29. The Kier molecular flexibility index (Phi) is 4.97. The van der Waals surface area contributed by atoms with Crippen molar-refractivity contribution < 1.29 is 22.7 Å². The van der Waals surface area contributed by atoms with Crippen molar-refractivity contribution in [3.63, 3.8) is 0 Å². The second-order valence-electron chi connectivity index (χ2n) is 7.05. The van der Waals surface area contributed by atoms with Crippen molar-refractivity contribution in [1.82, 2.24) is 19.6 Å². The lowest BCUT2D eigenvalue weighted by atomic mass is 10.1. The van der Waals surface area contributed by atoms with Crippen LogP contribution in [0.1, 0.15) is 42.4 Å². The largest absolute Gasteiger partial charge is 0.456 e. The second kappa shape index (κ2) is 7.10. The van der Waals surface area contributed by atoms with Crippen LogP contribution in [0.4, 0.5) is 19.0 Å². The molecule has 0 fully saturated rings. The summed E-state index contributed by atoms with van der Waals surface area (Å²) in [5, 5.41) is 6.77. The molecule has 0 unspecified atom stereocenters. The molecule has 1 aromatic carbocycles. The number of halogens is 3. The molecule has 0 amide bonds. The molecular weight excluding hydrogens is 375 g/mol. The maximum absolute atomic E-state index is 13.0. The monoisotopic (exact) mass is 393 g/mol. The number of ether oxygens (including phenoxy) is 1. The standard InChI is InChI=1S/C18H18F3N5O2/c1-17(2,3)28-15(27)12-6-4-11(5-7-12)9-22-14-8-13(18(19,20)21)25-16-23-10-24-26(14)16/h4-8,10,22H,9H2,1-3H3. The number of anilines is 1. The lowest BCUT2D eigenvalue weighted by Crippen LogP contribution is -2.23. The number of hydrogen-bond acceptors (Lipinski definition) is 6. The number of benzene rings is 1. The molecule has 10 heteroatoms. The van der Waals surface area contributed by atoms with Gasteiger partial charge in [0.1, 0.15) is 17.7 Å². The number of carbonyl (C=O) groups is 1. The Hall–Kier alpha value is -3.17. The van der Waals surface area contributed by atoms with Gasteiger partial charge in [-0.05, 0) is 38.5 Å². The molecule has 0 bridgehead atoms. The molecule has 0 saturated carbocycles. The number of fused-ring (bicyclic) bond motifs is 1. The van der Waals surface area contributed by atoms with Crippen LogP contribution in [0, 0.1) is 0 Å². The highest BCUT2D eigenvalue weighted by Gasteiger charge is 2.34. The van der Waals surface area contributed by atoms with Gasteiger partial charge in [0.2, 0.25) is 0 Å². The molecule has 0 aliphatic heterocycles. The van der Waals surface area contributed by atoms with Crippen molar-refractivity contribution in [2.75, 3.05) is 5.32 Å². The van der Waals surface area contributed by atoms with Gasteiger partial charge < -0.3 is 10.1 Å². The normalized spacial score (nSPS) is 12.2. The van der Waals surface area contributed by atoms with Crippen LogP contribution in [0.15, 0.2) is 36.7 Å². The highest BCUT2D eigenvalue weighted by molar-refractivity contribution is 5.89. The Balaban J connectivity index is 1.76. The third-order valence-corrected chi connectivity index (χ3v) is 3.60. The van der Waals surface area contributed by atoms with Crippen molar-refractivity contribution in [3.05, 3.63) is 53.5 Å². The van der Waals surface area contributed by atoms with E-state index in [9.17, 15) is 18.0 Å². The van der Waals surface area contributed by atoms with E-state index in [1.54, 1.807) is 45.0 Å². The number of aromatic nitrogens is 4. The maximum Gasteiger partial charge on any atom is 0.433 e. The van der Waals surface area contributed by atoms with E-state index < -0.39 is 23.4 Å². The van der Waals surface area contributed by atoms with Gasteiger partial charge in [-0.1, -0.05) is 12.1 Å². The zero-order valence-electron chi connectivity index (χ0n) is 15.4. The quantitative estimate of drug-likeness (QED) is 0.681. The molecule has 148 valence electrons. The summed E-state index contributed by atoms with van der Waals surface area (Å²) in [5.41, 5.74) is -0.514. The smallest absolute Gasteiger partial charge is 0.433 e. The first-order valence-electron chi connectivity index (χ1n) is 8.37. The summed E-state index contributed by atoms with van der Waals surface area (Å²) in [6.07, 6.45) is -3.47. The number of esters is 1. The number of hydrogen-bond donors (Lipinski definition) is 1. The van der Waals surface area contributed by atoms with E-state index in [0.717, 1.165) is 18.0 Å². The molecule has 2 heterocycles. The van der Waals surface area contributed by atoms with Crippen molar-refractivity contribution >= 4 is 17.6 Å². The summed E-state index contributed by atoms with van der Waals surface area (Å²) >= 11 is 0. The van der Waals surface area contributed by atoms with Crippen LogP contribution in [-0.2, 0) is 17.5 Å². The molecule has 7 nitrogen and oxygen atoms in total. The molecule has 0 saturated heterocycles. The number of carbonyl (C=O) groups excluding carboxylic acids is 1. The lowest BCUT2D eigenvalue weighted by Gasteiger charge is -2.19. The minimum absolute atomic E-state index is 0.103. The molecule has 0 aliphatic rings. The van der Waals surface area contributed by atoms with Gasteiger partial charge in [0.25, 0.3) is 5.78 Å². The van der Waals surface area contributed by atoms with Crippen molar-refractivity contribution in [3.8, 4) is 0 Å². The van der Waals surface area contributed by atoms with Gasteiger partial charge in [-0.3, -0.25) is 0 Å². The zero-order valence-corrected chi connectivity index (χ0v) is 15.4. The predicted octanol–water partition coefficient (Wildman–Crippen LogP) is 3.71. The molecule has 2 aromatic heterocycles. The van der Waals surface area contributed by atoms with E-state index in [4.69, 9.17) is 4.74 Å². The second-order valence-corrected chi connectivity index (χ2v) is 7.05. The minimum atomic E-state index is -4.60. The first-order valence-corrected chi connectivity index (χ1v) is 8.37. The zero-order chi connectivity index (χ0) is 20.5. The van der Waals surface area contributed by atoms with Crippen LogP contribution in [-0.4, -0.2) is 31.2 Å². The summed E-state index contributed by atoms with van der Waals surface area (Å²) in [6, 6.07) is 7.46. The molecule has 3 rings (SSSR count). The van der Waals surface area contributed by atoms with E-state index in [1.807, 2.05) is 0 Å². The summed E-state index contributed by atoms with van der Waals surface area (Å²) in [7, 11) is 0. The lowest BCUT2D eigenvalue weighted by molar-refractivity contribution is -0.141. The summed E-state index contributed by atoms with van der Waals surface area (Å²) in [6.45, 7) is 5.54. The van der Waals surface area contributed by atoms with Crippen molar-refractivity contribution in [1.29, 1.82) is 0 Å². The number of nitrogens with one attached hydrogen (secondary N) is 1. The summed E-state index contributed by atoms with van der Waals surface area (Å²) in [4.78, 5) is 19.2. The van der Waals surface area contributed by atoms with Crippen LogP contribution in [0.2, 0.25) is 0 Å². The first-order chi connectivity index (χ1) is 13.0. The Bertz CT molecular complexity index is 991. The summed E-state index contributed by atoms with van der Waals surface area (Å²) < 4.78 is 45.5. The molecular formula is C18H18F3N5O2. The van der Waals surface area contributed by atoms with Crippen LogP contribution >= 0.6 is 0 Å². The first kappa shape index (κ1) is 19.6. The number of nitrogens with zero attached hydrogens (tertiary/aromatic N) is 4. The topological polar surface area (TPSA) is 81.4 Å². The van der Waals surface area contributed by atoms with Gasteiger partial charge >= 0.3 is 12.1 Å². The molecule has 0 atom stereocenters. The van der Waals surface area contributed by atoms with E-state index in [1.165, 1.54) is 4.52 Å². The van der Waals surface area contributed by atoms with Crippen molar-refractivity contribution in [2.45, 2.75) is 39.1 Å². The van der Waals surface area contributed by atoms with Crippen molar-refractivity contribution in [2.24, 2.45) is 0 Å². The van der Waals surface area contributed by atoms with Gasteiger partial charge in [0.05, 0.1) is 5.56 Å². The average Bonchev–Trinajstić information content (AvgIpc) is 3.06. The minimum Gasteiger partial charge on any atom is -0.456 e. The maximum atomic E-state index is 13.0. The van der Waals surface area contributed by atoms with Gasteiger partial charge in [-0.15, -0.1) is 0 Å². The Labute approximate surface area is 158 Å². The molecule has 0 spiro atoms. The fraction of sp³-hybridized carbons (Fsp3) is 0.333. The van der Waals surface area contributed by atoms with Crippen LogP contribution < -0.4 is 5.32 Å². The Morgan fingerprint density at radius 3 is 2.46 bits per heavy atom. The van der Waals surface area contributed by atoms with Gasteiger partial charge in [-0.2, -0.15) is 27.8 Å². The average molecular weight is 393 g/mol. The van der Waals surface area contributed by atoms with E-state index in [2.05, 4.69) is 20.4 Å². The van der Waals surface area contributed by atoms with Crippen LogP contribution in [0.3, 0.4) is 0 Å². The summed E-state index contributed by atoms with van der Waals surface area (Å²) in [5.74, 6) is -0.496. The molecule has 1 N–H and O–H groups in total. The van der Waals surface area contributed by atoms with Gasteiger partial charge in [0, 0.05) is 12.6 Å². The van der Waals surface area contributed by atoms with Crippen LogP contribution in [0.5, 0.6) is 0 Å². The highest BCUT2D eigenvalue weighted by atomic mass is 19.4. The molecule has 3 aromatic rings. The Morgan fingerprint density at radius 1 is 1.18 bits per heavy atom. The Morgan fingerprint density at radius 2 is 1.86 bits per heavy atom. The third kappa shape index (κ3) is 4.56. The van der Waals surface area contributed by atoms with Gasteiger partial charge in [0.15, 0.2) is 5.69 Å². The SMILES string of the molecule is CC(C)(C)OC(=O)c1ccc(CNc2cc(C(F)(F)F)nc3ncnn23)cc1. The molecule has 0 aliphatic carbocycles. The predicted molar refractivity (Wildman–Crippen MR) is 94.7 cm³/mol. The number of alkyl halides is 3. The fourth-order valence-corrected chi connectivity index (χ4v) is 2.37. The van der Waals surface area contributed by atoms with E-state index >= 15 is 0 Å². The van der Waals surface area contributed by atoms with E-state index in [-0.39, 0.29) is 18.1 Å².